The predicted molar refractivity (Wildman–Crippen MR) is 96.0 cm³/mol. The van der Waals surface area contributed by atoms with Crippen molar-refractivity contribution in [3.63, 3.8) is 0 Å². The molecule has 0 saturated heterocycles. The van der Waals surface area contributed by atoms with Gasteiger partial charge in [0.1, 0.15) is 23.7 Å². The third-order valence-electron chi connectivity index (χ3n) is 3.83. The Morgan fingerprint density at radius 1 is 1.07 bits per heavy atom. The molecule has 0 unspecified atom stereocenters. The van der Waals surface area contributed by atoms with Crippen molar-refractivity contribution in [3.05, 3.63) is 71.5 Å². The van der Waals surface area contributed by atoms with Crippen molar-refractivity contribution in [1.29, 1.82) is 0 Å². The number of halogens is 3. The lowest BCUT2D eigenvalue weighted by atomic mass is 10.1. The first-order valence-electron chi connectivity index (χ1n) is 8.07. The molecule has 0 spiro atoms. The summed E-state index contributed by atoms with van der Waals surface area (Å²) in [6.45, 7) is 0.232. The van der Waals surface area contributed by atoms with E-state index in [-0.39, 0.29) is 6.61 Å². The molecular formula is C18H12F3N5OS. The molecule has 0 N–H and O–H groups in total. The molecule has 0 aliphatic carbocycles. The fourth-order valence-corrected chi connectivity index (χ4v) is 3.27. The summed E-state index contributed by atoms with van der Waals surface area (Å²) >= 11 is 1.35. The Hall–Kier alpha value is -3.27. The molecular weight excluding hydrogens is 391 g/mol. The maximum atomic E-state index is 12.7. The molecule has 10 heteroatoms. The molecule has 142 valence electrons. The van der Waals surface area contributed by atoms with Crippen LogP contribution in [0, 0.1) is 0 Å². The number of ether oxygens (including phenoxy) is 1. The van der Waals surface area contributed by atoms with Gasteiger partial charge >= 0.3 is 6.18 Å². The fraction of sp³-hybridized carbons (Fsp3) is 0.111. The van der Waals surface area contributed by atoms with Crippen molar-refractivity contribution >= 4 is 11.3 Å². The van der Waals surface area contributed by atoms with E-state index in [2.05, 4.69) is 20.5 Å². The van der Waals surface area contributed by atoms with Gasteiger partial charge in [0.15, 0.2) is 0 Å². The molecule has 0 radical (unpaired) electrons. The topological polar surface area (TPSA) is 65.7 Å². The van der Waals surface area contributed by atoms with Crippen molar-refractivity contribution in [2.45, 2.75) is 12.8 Å². The molecule has 2 heterocycles. The van der Waals surface area contributed by atoms with E-state index in [0.717, 1.165) is 17.8 Å². The molecule has 0 bridgehead atoms. The quantitative estimate of drug-likeness (QED) is 0.495. The molecule has 0 atom stereocenters. The Bertz CT molecular complexity index is 1060. The third-order valence-corrected chi connectivity index (χ3v) is 4.77. The molecule has 0 aliphatic heterocycles. The van der Waals surface area contributed by atoms with Gasteiger partial charge in [0, 0.05) is 17.0 Å². The van der Waals surface area contributed by atoms with E-state index < -0.39 is 11.7 Å². The lowest BCUT2D eigenvalue weighted by molar-refractivity contribution is -0.137. The van der Waals surface area contributed by atoms with Gasteiger partial charge in [-0.05, 0) is 34.7 Å². The second-order valence-electron chi connectivity index (χ2n) is 5.76. The van der Waals surface area contributed by atoms with Crippen molar-refractivity contribution < 1.29 is 17.9 Å². The van der Waals surface area contributed by atoms with E-state index in [1.165, 1.54) is 34.5 Å². The average Bonchev–Trinajstić information content (AvgIpc) is 3.38. The van der Waals surface area contributed by atoms with Gasteiger partial charge < -0.3 is 4.74 Å². The van der Waals surface area contributed by atoms with E-state index in [1.807, 2.05) is 17.5 Å². The average molecular weight is 403 g/mol. The van der Waals surface area contributed by atoms with Gasteiger partial charge in [-0.3, -0.25) is 0 Å². The summed E-state index contributed by atoms with van der Waals surface area (Å²) in [5.74, 6) is 0.622. The zero-order chi connectivity index (χ0) is 19.6. The third kappa shape index (κ3) is 4.01. The largest absolute Gasteiger partial charge is 0.487 e. The maximum absolute atomic E-state index is 12.7. The van der Waals surface area contributed by atoms with Crippen molar-refractivity contribution in [2.24, 2.45) is 0 Å². The Kier molecular flexibility index (Phi) is 4.78. The van der Waals surface area contributed by atoms with Gasteiger partial charge in [-0.25, -0.2) is 9.67 Å². The summed E-state index contributed by atoms with van der Waals surface area (Å²) in [5, 5.41) is 13.5. The highest BCUT2D eigenvalue weighted by Crippen LogP contribution is 2.32. The molecule has 6 nitrogen and oxygen atoms in total. The van der Waals surface area contributed by atoms with E-state index in [9.17, 15) is 13.2 Å². The van der Waals surface area contributed by atoms with Gasteiger partial charge in [-0.1, -0.05) is 18.2 Å². The molecule has 2 aromatic heterocycles. The SMILES string of the molecule is FC(F)(F)c1ccc(-c2nc(COc3cccc(-n4cnnn4)c3)cs2)cc1. The van der Waals surface area contributed by atoms with Crippen LogP contribution in [0.25, 0.3) is 16.3 Å². The maximum Gasteiger partial charge on any atom is 0.416 e. The fourth-order valence-electron chi connectivity index (χ4n) is 2.46. The number of tetrazole rings is 1. The van der Waals surface area contributed by atoms with E-state index in [1.54, 1.807) is 12.1 Å². The highest BCUT2D eigenvalue weighted by molar-refractivity contribution is 7.13. The minimum Gasteiger partial charge on any atom is -0.487 e. The molecule has 28 heavy (non-hydrogen) atoms. The zero-order valence-electron chi connectivity index (χ0n) is 14.2. The van der Waals surface area contributed by atoms with Crippen LogP contribution < -0.4 is 4.74 Å². The summed E-state index contributed by atoms with van der Waals surface area (Å²) in [4.78, 5) is 4.43. The van der Waals surface area contributed by atoms with Gasteiger partial charge in [0.2, 0.25) is 0 Å². The Morgan fingerprint density at radius 2 is 1.89 bits per heavy atom. The Morgan fingerprint density at radius 3 is 2.61 bits per heavy atom. The van der Waals surface area contributed by atoms with E-state index in [0.29, 0.717) is 22.0 Å². The molecule has 0 saturated carbocycles. The summed E-state index contributed by atoms with van der Waals surface area (Å²) in [5.41, 5.74) is 1.39. The summed E-state index contributed by atoms with van der Waals surface area (Å²) in [7, 11) is 0. The number of benzene rings is 2. The monoisotopic (exact) mass is 403 g/mol. The van der Waals surface area contributed by atoms with E-state index in [4.69, 9.17) is 4.74 Å². The van der Waals surface area contributed by atoms with Gasteiger partial charge in [-0.2, -0.15) is 13.2 Å². The number of hydrogen-bond donors (Lipinski definition) is 0. The van der Waals surface area contributed by atoms with Gasteiger partial charge in [-0.15, -0.1) is 16.4 Å². The van der Waals surface area contributed by atoms with Crippen molar-refractivity contribution in [2.75, 3.05) is 0 Å². The number of aromatic nitrogens is 5. The summed E-state index contributed by atoms with van der Waals surface area (Å²) in [6, 6.07) is 12.2. The number of rotatable bonds is 5. The van der Waals surface area contributed by atoms with Crippen LogP contribution >= 0.6 is 11.3 Å². The standard InChI is InChI=1S/C18H12F3N5OS/c19-18(20,21)13-6-4-12(5-7-13)17-23-14(10-28-17)9-27-16-3-1-2-15(8-16)26-11-22-24-25-26/h1-8,10-11H,9H2. The minimum atomic E-state index is -4.35. The second kappa shape index (κ2) is 7.39. The minimum absolute atomic E-state index is 0.232. The van der Waals surface area contributed by atoms with Gasteiger partial charge in [0.25, 0.3) is 0 Å². The highest BCUT2D eigenvalue weighted by atomic mass is 32.1. The molecule has 2 aromatic carbocycles. The Balaban J connectivity index is 1.44. The van der Waals surface area contributed by atoms with Crippen molar-refractivity contribution in [1.82, 2.24) is 25.2 Å². The highest BCUT2D eigenvalue weighted by Gasteiger charge is 2.30. The first kappa shape index (κ1) is 18.1. The number of thiazole rings is 1. The number of hydrogen-bond acceptors (Lipinski definition) is 6. The van der Waals surface area contributed by atoms with Crippen LogP contribution in [0.1, 0.15) is 11.3 Å². The molecule has 0 fully saturated rings. The summed E-state index contributed by atoms with van der Waals surface area (Å²) in [6.07, 6.45) is -2.87. The van der Waals surface area contributed by atoms with Crippen LogP contribution in [-0.4, -0.2) is 25.2 Å². The molecule has 4 rings (SSSR count). The van der Waals surface area contributed by atoms with Crippen LogP contribution in [0.4, 0.5) is 13.2 Å². The van der Waals surface area contributed by atoms with Crippen molar-refractivity contribution in [3.8, 4) is 22.0 Å². The number of nitrogens with zero attached hydrogens (tertiary/aromatic N) is 5. The zero-order valence-corrected chi connectivity index (χ0v) is 15.0. The van der Waals surface area contributed by atoms with E-state index >= 15 is 0 Å². The molecule has 4 aromatic rings. The predicted octanol–water partition coefficient (Wildman–Crippen LogP) is 4.38. The van der Waals surface area contributed by atoms with Crippen LogP contribution in [0.15, 0.2) is 60.2 Å². The van der Waals surface area contributed by atoms with Crippen LogP contribution in [-0.2, 0) is 12.8 Å². The summed E-state index contributed by atoms with van der Waals surface area (Å²) < 4.78 is 45.3. The normalized spacial score (nSPS) is 11.5. The molecule has 0 aliphatic rings. The van der Waals surface area contributed by atoms with Crippen LogP contribution in [0.3, 0.4) is 0 Å². The Labute approximate surface area is 161 Å². The van der Waals surface area contributed by atoms with Gasteiger partial charge in [0.05, 0.1) is 16.9 Å². The molecule has 0 amide bonds. The lowest BCUT2D eigenvalue weighted by Crippen LogP contribution is -2.04. The second-order valence-corrected chi connectivity index (χ2v) is 6.62. The first-order chi connectivity index (χ1) is 13.5. The smallest absolute Gasteiger partial charge is 0.416 e. The lowest BCUT2D eigenvalue weighted by Gasteiger charge is -2.07. The van der Waals surface area contributed by atoms with Crippen LogP contribution in [0.5, 0.6) is 5.75 Å². The number of alkyl halides is 3. The first-order valence-corrected chi connectivity index (χ1v) is 8.95. The van der Waals surface area contributed by atoms with Crippen LogP contribution in [0.2, 0.25) is 0 Å².